The summed E-state index contributed by atoms with van der Waals surface area (Å²) in [4.78, 5) is 25.2. The lowest BCUT2D eigenvalue weighted by atomic mass is 10.1. The third-order valence-electron chi connectivity index (χ3n) is 3.16. The molecule has 0 saturated carbocycles. The Labute approximate surface area is 132 Å². The number of carbonyl (C=O) groups excluding carboxylic acids is 2. The number of hydrogen-bond donors (Lipinski definition) is 0. The van der Waals surface area contributed by atoms with Crippen molar-refractivity contribution in [1.29, 1.82) is 0 Å². The minimum absolute atomic E-state index is 0.193. The molecule has 0 aliphatic rings. The van der Waals surface area contributed by atoms with Gasteiger partial charge in [0.15, 0.2) is 0 Å². The molecule has 0 saturated heterocycles. The Kier molecular flexibility index (Phi) is 5.41. The number of hydrogen-bond acceptors (Lipinski definition) is 3. The van der Waals surface area contributed by atoms with Crippen molar-refractivity contribution in [3.63, 3.8) is 0 Å². The van der Waals surface area contributed by atoms with Crippen molar-refractivity contribution in [2.24, 2.45) is 0 Å². The summed E-state index contributed by atoms with van der Waals surface area (Å²) in [5.74, 6) is -2.57. The summed E-state index contributed by atoms with van der Waals surface area (Å²) in [6, 6.07) is 11.4. The number of anilines is 1. The van der Waals surface area contributed by atoms with Crippen molar-refractivity contribution in [2.45, 2.75) is 6.42 Å². The normalized spacial score (nSPS) is 10.2. The molecule has 6 heteroatoms. The molecule has 1 amide bonds. The molecule has 120 valence electrons. The predicted molar refractivity (Wildman–Crippen MR) is 80.9 cm³/mol. The molecule has 0 aliphatic carbocycles. The average Bonchev–Trinajstić information content (AvgIpc) is 2.52. The summed E-state index contributed by atoms with van der Waals surface area (Å²) in [7, 11) is 1.22. The number of para-hydroxylation sites is 1. The first-order chi connectivity index (χ1) is 11.0. The maximum absolute atomic E-state index is 13.2. The van der Waals surface area contributed by atoms with Gasteiger partial charge in [-0.25, -0.2) is 8.78 Å². The number of ether oxygens (including phenoxy) is 1. The highest BCUT2D eigenvalue weighted by atomic mass is 19.1. The third kappa shape index (κ3) is 4.60. The van der Waals surface area contributed by atoms with Crippen LogP contribution in [0.5, 0.6) is 0 Å². The van der Waals surface area contributed by atoms with E-state index >= 15 is 0 Å². The molecule has 0 N–H and O–H groups in total. The summed E-state index contributed by atoms with van der Waals surface area (Å²) >= 11 is 0. The lowest BCUT2D eigenvalue weighted by molar-refractivity contribution is -0.140. The Balaban J connectivity index is 2.24. The molecule has 2 aromatic carbocycles. The molecule has 0 aromatic heterocycles. The number of nitrogens with zero attached hydrogens (tertiary/aromatic N) is 1. The minimum Gasteiger partial charge on any atom is -0.468 e. The van der Waals surface area contributed by atoms with Crippen LogP contribution in [0, 0.1) is 11.6 Å². The van der Waals surface area contributed by atoms with Gasteiger partial charge in [0.25, 0.3) is 0 Å². The second-order valence-electron chi connectivity index (χ2n) is 4.85. The first-order valence-electron chi connectivity index (χ1n) is 6.87. The standard InChI is InChI=1S/C17H15F2NO3/c1-23-17(22)11-20(15-5-3-2-4-6-15)16(21)9-12-7-13(18)10-14(19)8-12/h2-8,10H,9,11H2,1H3. The maximum atomic E-state index is 13.2. The fourth-order valence-corrected chi connectivity index (χ4v) is 2.11. The van der Waals surface area contributed by atoms with Crippen molar-refractivity contribution in [2.75, 3.05) is 18.6 Å². The average molecular weight is 319 g/mol. The van der Waals surface area contributed by atoms with Crippen molar-refractivity contribution in [1.82, 2.24) is 0 Å². The monoisotopic (exact) mass is 319 g/mol. The SMILES string of the molecule is COC(=O)CN(C(=O)Cc1cc(F)cc(F)c1)c1ccccc1. The molecule has 4 nitrogen and oxygen atoms in total. The Morgan fingerprint density at radius 2 is 1.65 bits per heavy atom. The van der Waals surface area contributed by atoms with Gasteiger partial charge >= 0.3 is 5.97 Å². The molecule has 0 bridgehead atoms. The van der Waals surface area contributed by atoms with Gasteiger partial charge in [0.1, 0.15) is 18.2 Å². The second-order valence-corrected chi connectivity index (χ2v) is 4.85. The highest BCUT2D eigenvalue weighted by Crippen LogP contribution is 2.16. The number of carbonyl (C=O) groups is 2. The van der Waals surface area contributed by atoms with E-state index in [1.807, 2.05) is 0 Å². The first-order valence-corrected chi connectivity index (χ1v) is 6.87. The Bertz CT molecular complexity index is 684. The molecule has 0 aliphatic heterocycles. The second kappa shape index (κ2) is 7.49. The van der Waals surface area contributed by atoms with E-state index in [4.69, 9.17) is 0 Å². The first kappa shape index (κ1) is 16.6. The van der Waals surface area contributed by atoms with Crippen LogP contribution in [0.1, 0.15) is 5.56 Å². The lowest BCUT2D eigenvalue weighted by Gasteiger charge is -2.21. The van der Waals surface area contributed by atoms with Crippen LogP contribution in [0.25, 0.3) is 0 Å². The third-order valence-corrected chi connectivity index (χ3v) is 3.16. The molecular weight excluding hydrogens is 304 g/mol. The van der Waals surface area contributed by atoms with E-state index in [1.54, 1.807) is 30.3 Å². The smallest absolute Gasteiger partial charge is 0.325 e. The Morgan fingerprint density at radius 1 is 1.04 bits per heavy atom. The maximum Gasteiger partial charge on any atom is 0.325 e. The minimum atomic E-state index is -0.757. The zero-order valence-corrected chi connectivity index (χ0v) is 12.5. The van der Waals surface area contributed by atoms with Crippen molar-refractivity contribution in [3.05, 3.63) is 65.7 Å². The van der Waals surface area contributed by atoms with Crippen molar-refractivity contribution in [3.8, 4) is 0 Å². The summed E-state index contributed by atoms with van der Waals surface area (Å²) in [5.41, 5.74) is 0.693. The van der Waals surface area contributed by atoms with Crippen LogP contribution in [0.2, 0.25) is 0 Å². The van der Waals surface area contributed by atoms with E-state index in [1.165, 1.54) is 12.0 Å². The molecule has 0 heterocycles. The summed E-state index contributed by atoms with van der Waals surface area (Å²) < 4.78 is 31.0. The van der Waals surface area contributed by atoms with Crippen LogP contribution < -0.4 is 4.90 Å². The fraction of sp³-hybridized carbons (Fsp3) is 0.176. The van der Waals surface area contributed by atoms with Crippen LogP contribution in [0.4, 0.5) is 14.5 Å². The van der Waals surface area contributed by atoms with Crippen LogP contribution in [0.3, 0.4) is 0 Å². The molecule has 0 unspecified atom stereocenters. The van der Waals surface area contributed by atoms with E-state index in [9.17, 15) is 18.4 Å². The topological polar surface area (TPSA) is 46.6 Å². The van der Waals surface area contributed by atoms with Gasteiger partial charge in [-0.05, 0) is 29.8 Å². The number of methoxy groups -OCH3 is 1. The van der Waals surface area contributed by atoms with Gasteiger partial charge in [-0.1, -0.05) is 18.2 Å². The van der Waals surface area contributed by atoms with E-state index in [0.717, 1.165) is 18.2 Å². The van der Waals surface area contributed by atoms with Gasteiger partial charge < -0.3 is 9.64 Å². The number of benzene rings is 2. The molecule has 0 fully saturated rings. The number of esters is 1. The largest absolute Gasteiger partial charge is 0.468 e. The highest BCUT2D eigenvalue weighted by Gasteiger charge is 2.20. The van der Waals surface area contributed by atoms with Crippen molar-refractivity contribution < 1.29 is 23.1 Å². The van der Waals surface area contributed by atoms with Crippen molar-refractivity contribution >= 4 is 17.6 Å². The summed E-state index contributed by atoms with van der Waals surface area (Å²) in [6.45, 7) is -0.281. The molecule has 2 aromatic rings. The fourth-order valence-electron chi connectivity index (χ4n) is 2.11. The van der Waals surface area contributed by atoms with E-state index in [0.29, 0.717) is 5.69 Å². The molecular formula is C17H15F2NO3. The molecule has 0 atom stereocenters. The van der Waals surface area contributed by atoms with Crippen LogP contribution in [-0.4, -0.2) is 25.5 Å². The van der Waals surface area contributed by atoms with Gasteiger partial charge in [-0.2, -0.15) is 0 Å². The van der Waals surface area contributed by atoms with Gasteiger partial charge in [-0.15, -0.1) is 0 Å². The summed E-state index contributed by atoms with van der Waals surface area (Å²) in [5, 5.41) is 0. The summed E-state index contributed by atoms with van der Waals surface area (Å²) in [6.07, 6.45) is -0.236. The Hall–Kier alpha value is -2.76. The van der Waals surface area contributed by atoms with Gasteiger partial charge in [-0.3, -0.25) is 9.59 Å². The van der Waals surface area contributed by atoms with Crippen LogP contribution in [0.15, 0.2) is 48.5 Å². The number of amides is 1. The zero-order valence-electron chi connectivity index (χ0n) is 12.5. The van der Waals surface area contributed by atoms with E-state index < -0.39 is 23.5 Å². The van der Waals surface area contributed by atoms with E-state index in [2.05, 4.69) is 4.74 Å². The number of rotatable bonds is 5. The number of halogens is 2. The van der Waals surface area contributed by atoms with E-state index in [-0.39, 0.29) is 18.5 Å². The van der Waals surface area contributed by atoms with Gasteiger partial charge in [0.05, 0.1) is 13.5 Å². The molecule has 0 radical (unpaired) electrons. The highest BCUT2D eigenvalue weighted by molar-refractivity contribution is 5.98. The molecule has 2 rings (SSSR count). The molecule has 23 heavy (non-hydrogen) atoms. The van der Waals surface area contributed by atoms with Gasteiger partial charge in [0, 0.05) is 11.8 Å². The van der Waals surface area contributed by atoms with Gasteiger partial charge in [0.2, 0.25) is 5.91 Å². The van der Waals surface area contributed by atoms with Crippen LogP contribution >= 0.6 is 0 Å². The quantitative estimate of drug-likeness (QED) is 0.796. The van der Waals surface area contributed by atoms with Crippen LogP contribution in [-0.2, 0) is 20.7 Å². The predicted octanol–water partition coefficient (Wildman–Crippen LogP) is 2.71. The lowest BCUT2D eigenvalue weighted by Crippen LogP contribution is -2.37. The molecule has 0 spiro atoms. The Morgan fingerprint density at radius 3 is 2.22 bits per heavy atom. The zero-order chi connectivity index (χ0) is 16.8.